The minimum Gasteiger partial charge on any atom is -0.437 e. The third-order valence-corrected chi connectivity index (χ3v) is 13.5. The normalized spacial score (nSPS) is 11.3. The largest absolute Gasteiger partial charge is 0.437 e. The van der Waals surface area contributed by atoms with Crippen molar-refractivity contribution in [2.75, 3.05) is 0 Å². The van der Waals surface area contributed by atoms with Crippen molar-refractivity contribution in [3.05, 3.63) is 265 Å². The number of benzene rings is 7. The van der Waals surface area contributed by atoms with Crippen LogP contribution in [0.15, 0.2) is 248 Å². The Morgan fingerprint density at radius 1 is 0.282 bits per heavy atom. The highest BCUT2D eigenvalue weighted by Crippen LogP contribution is 2.42. The third-order valence-electron chi connectivity index (χ3n) is 13.5. The molecule has 71 heavy (non-hydrogen) atoms. The van der Waals surface area contributed by atoms with E-state index in [-0.39, 0.29) is 0 Å². The average molecular weight is 913 g/mol. The van der Waals surface area contributed by atoms with Gasteiger partial charge in [0.15, 0.2) is 0 Å². The quantitative estimate of drug-likeness (QED) is 0.115. The van der Waals surface area contributed by atoms with Crippen molar-refractivity contribution >= 4 is 22.1 Å². The summed E-state index contributed by atoms with van der Waals surface area (Å²) in [6.07, 6.45) is 11.4. The highest BCUT2D eigenvalue weighted by Gasteiger charge is 2.19. The van der Waals surface area contributed by atoms with Gasteiger partial charge in [-0.15, -0.1) is 0 Å². The molecule has 0 fully saturated rings. The number of pyridine rings is 4. The Morgan fingerprint density at radius 2 is 0.803 bits per heavy atom. The third kappa shape index (κ3) is 9.17. The van der Waals surface area contributed by atoms with Crippen LogP contribution in [0, 0.1) is 0 Å². The first-order chi connectivity index (χ1) is 35.2. The molecule has 0 atom stereocenters. The molecule has 0 saturated heterocycles. The van der Waals surface area contributed by atoms with Gasteiger partial charge < -0.3 is 4.42 Å². The van der Waals surface area contributed by atoms with Crippen molar-refractivity contribution in [1.29, 1.82) is 0 Å². The van der Waals surface area contributed by atoms with Crippen LogP contribution >= 0.6 is 0 Å². The Labute approximate surface area is 413 Å². The standard InChI is InChI=1S/C66H48N4O/c1-4-14-49(15-5-1)50-31-33-51(34-32-50)60-41-64(59-23-12-22-57-58-24-13-37-67-66(58)71-65(57)59)70-44-61(60)56-21-11-10-20-55(56)54-39-47(27-25-45-29-35-62(68-42-45)52-16-6-2-7-17-52)38-48(40-54)28-26-46-30-36-63(69-43-46)53-18-8-3-9-19-53/h1-24,29-44H,25-28H2. The zero-order valence-electron chi connectivity index (χ0n) is 39.1. The topological polar surface area (TPSA) is 64.7 Å². The zero-order valence-corrected chi connectivity index (χ0v) is 39.1. The van der Waals surface area contributed by atoms with Gasteiger partial charge in [0.2, 0.25) is 5.71 Å². The molecule has 5 heteroatoms. The molecule has 0 aliphatic rings. The van der Waals surface area contributed by atoms with E-state index in [4.69, 9.17) is 19.4 Å². The second-order valence-electron chi connectivity index (χ2n) is 18.1. The number of furan rings is 1. The predicted molar refractivity (Wildman–Crippen MR) is 291 cm³/mol. The molecule has 338 valence electrons. The lowest BCUT2D eigenvalue weighted by molar-refractivity contribution is 0.655. The first-order valence-electron chi connectivity index (χ1n) is 24.3. The van der Waals surface area contributed by atoms with Crippen LogP contribution < -0.4 is 0 Å². The van der Waals surface area contributed by atoms with Gasteiger partial charge in [0.05, 0.1) is 17.1 Å². The maximum Gasteiger partial charge on any atom is 0.227 e. The SMILES string of the molecule is c1ccc(-c2ccc(-c3cc(-c4cccc5c4oc4ncccc45)ncc3-c3ccccc3-c3cc(CCc4ccc(-c5ccccc5)nc4)cc(CCc4ccc(-c5ccccc5)nc4)c3)cc2)cc1. The molecule has 0 bridgehead atoms. The van der Waals surface area contributed by atoms with Gasteiger partial charge in [-0.05, 0) is 123 Å². The number of aryl methyl sites for hydroxylation is 4. The van der Waals surface area contributed by atoms with Crippen molar-refractivity contribution < 1.29 is 4.42 Å². The van der Waals surface area contributed by atoms with Crippen LogP contribution in [0.3, 0.4) is 0 Å². The fourth-order valence-corrected chi connectivity index (χ4v) is 9.82. The summed E-state index contributed by atoms with van der Waals surface area (Å²) < 4.78 is 6.45. The number of rotatable bonds is 13. The van der Waals surface area contributed by atoms with Crippen LogP contribution in [-0.4, -0.2) is 19.9 Å². The highest BCUT2D eigenvalue weighted by molar-refractivity contribution is 6.08. The van der Waals surface area contributed by atoms with Crippen molar-refractivity contribution in [2.24, 2.45) is 0 Å². The lowest BCUT2D eigenvalue weighted by Crippen LogP contribution is -1.99. The van der Waals surface area contributed by atoms with Gasteiger partial charge in [-0.25, -0.2) is 4.98 Å². The maximum absolute atomic E-state index is 6.45. The van der Waals surface area contributed by atoms with E-state index in [0.29, 0.717) is 5.71 Å². The predicted octanol–water partition coefficient (Wildman–Crippen LogP) is 16.4. The van der Waals surface area contributed by atoms with Gasteiger partial charge in [0.25, 0.3) is 0 Å². The van der Waals surface area contributed by atoms with E-state index in [0.717, 1.165) is 104 Å². The number of aromatic nitrogens is 4. The molecule has 0 unspecified atom stereocenters. The number of hydrogen-bond donors (Lipinski definition) is 0. The summed E-state index contributed by atoms with van der Waals surface area (Å²) >= 11 is 0. The van der Waals surface area contributed by atoms with Crippen LogP contribution in [0.2, 0.25) is 0 Å². The lowest BCUT2D eigenvalue weighted by Gasteiger charge is -2.18. The molecule has 12 aromatic rings. The summed E-state index contributed by atoms with van der Waals surface area (Å²) in [5, 5.41) is 2.01. The van der Waals surface area contributed by atoms with E-state index in [9.17, 15) is 0 Å². The summed E-state index contributed by atoms with van der Waals surface area (Å²) in [5.74, 6) is 0. The summed E-state index contributed by atoms with van der Waals surface area (Å²) in [6.45, 7) is 0. The van der Waals surface area contributed by atoms with E-state index in [1.54, 1.807) is 6.20 Å². The van der Waals surface area contributed by atoms with E-state index in [2.05, 4.69) is 211 Å². The molecule has 0 saturated carbocycles. The highest BCUT2D eigenvalue weighted by atomic mass is 16.3. The number of hydrogen-bond acceptors (Lipinski definition) is 5. The van der Waals surface area contributed by atoms with Gasteiger partial charge in [0, 0.05) is 57.8 Å². The van der Waals surface area contributed by atoms with Gasteiger partial charge >= 0.3 is 0 Å². The van der Waals surface area contributed by atoms with Crippen LogP contribution in [0.1, 0.15) is 22.3 Å². The molecule has 0 aliphatic carbocycles. The molecule has 5 nitrogen and oxygen atoms in total. The van der Waals surface area contributed by atoms with Crippen LogP contribution in [0.5, 0.6) is 0 Å². The number of para-hydroxylation sites is 1. The van der Waals surface area contributed by atoms with Crippen LogP contribution in [0.25, 0.3) is 100 Å². The van der Waals surface area contributed by atoms with E-state index in [1.807, 2.05) is 30.6 Å². The molecule has 12 rings (SSSR count). The number of fused-ring (bicyclic) bond motifs is 3. The van der Waals surface area contributed by atoms with E-state index >= 15 is 0 Å². The second-order valence-corrected chi connectivity index (χ2v) is 18.1. The second kappa shape index (κ2) is 19.5. The molecule has 7 aromatic carbocycles. The minimum atomic E-state index is 0.620. The summed E-state index contributed by atoms with van der Waals surface area (Å²) in [6, 6.07) is 77.4. The van der Waals surface area contributed by atoms with Gasteiger partial charge in [-0.1, -0.05) is 182 Å². The smallest absolute Gasteiger partial charge is 0.227 e. The van der Waals surface area contributed by atoms with Gasteiger partial charge in [0.1, 0.15) is 5.58 Å². The molecule has 0 amide bonds. The monoisotopic (exact) mass is 912 g/mol. The molecule has 5 heterocycles. The Kier molecular flexibility index (Phi) is 11.9. The van der Waals surface area contributed by atoms with Crippen LogP contribution in [0.4, 0.5) is 0 Å². The first-order valence-corrected chi connectivity index (χ1v) is 24.3. The van der Waals surface area contributed by atoms with E-state index in [1.165, 1.54) is 38.9 Å². The molecule has 0 N–H and O–H groups in total. The Hall–Kier alpha value is -9.06. The van der Waals surface area contributed by atoms with Crippen molar-refractivity contribution in [2.45, 2.75) is 25.7 Å². The molecule has 0 radical (unpaired) electrons. The fraction of sp³-hybridized carbons (Fsp3) is 0.0606. The summed E-state index contributed by atoms with van der Waals surface area (Å²) in [4.78, 5) is 19.5. The first kappa shape index (κ1) is 43.2. The average Bonchev–Trinajstić information content (AvgIpc) is 3.84. The number of nitrogens with zero attached hydrogens (tertiary/aromatic N) is 4. The van der Waals surface area contributed by atoms with Crippen molar-refractivity contribution in [3.8, 4) is 78.3 Å². The molecular weight excluding hydrogens is 865 g/mol. The van der Waals surface area contributed by atoms with Gasteiger partial charge in [-0.2, -0.15) is 0 Å². The minimum absolute atomic E-state index is 0.620. The fourth-order valence-electron chi connectivity index (χ4n) is 9.82. The lowest BCUT2D eigenvalue weighted by atomic mass is 9.87. The van der Waals surface area contributed by atoms with Crippen molar-refractivity contribution in [3.63, 3.8) is 0 Å². The molecular formula is C66H48N4O. The molecule has 5 aromatic heterocycles. The van der Waals surface area contributed by atoms with E-state index < -0.39 is 0 Å². The Morgan fingerprint density at radius 3 is 1.42 bits per heavy atom. The summed E-state index contributed by atoms with van der Waals surface area (Å²) in [7, 11) is 0. The maximum atomic E-state index is 6.45. The summed E-state index contributed by atoms with van der Waals surface area (Å²) in [5.41, 5.74) is 21.4. The molecule has 0 spiro atoms. The zero-order chi connectivity index (χ0) is 47.3. The Bertz CT molecular complexity index is 3670. The van der Waals surface area contributed by atoms with Gasteiger partial charge in [-0.3, -0.25) is 15.0 Å². The van der Waals surface area contributed by atoms with Crippen LogP contribution in [-0.2, 0) is 25.7 Å². The van der Waals surface area contributed by atoms with Crippen molar-refractivity contribution in [1.82, 2.24) is 19.9 Å². The Balaban J connectivity index is 0.936. The molecule has 0 aliphatic heterocycles.